The number of carbonyl (C=O) groups is 1. The number of carbonyl (C=O) groups excluding carboxylic acids is 1. The Labute approximate surface area is 223 Å². The van der Waals surface area contributed by atoms with E-state index in [-0.39, 0.29) is 41.2 Å². The van der Waals surface area contributed by atoms with E-state index in [1.807, 2.05) is 12.1 Å². The van der Waals surface area contributed by atoms with Crippen LogP contribution in [0.3, 0.4) is 0 Å². The molecule has 1 aliphatic rings. The Balaban J connectivity index is 1.46. The monoisotopic (exact) mass is 534 g/mol. The molecule has 0 unspecified atom stereocenters. The number of rotatable bonds is 7. The molecule has 0 spiro atoms. The highest BCUT2D eigenvalue weighted by atomic mass is 19.3. The number of nitriles is 1. The first kappa shape index (κ1) is 26.3. The average Bonchev–Trinajstić information content (AvgIpc) is 3.30. The molecule has 0 saturated carbocycles. The molecule has 0 atom stereocenters. The van der Waals surface area contributed by atoms with E-state index in [4.69, 9.17) is 4.74 Å². The first-order valence-electron chi connectivity index (χ1n) is 12.7. The molecule has 1 fully saturated rings. The fourth-order valence-corrected chi connectivity index (χ4v) is 4.82. The number of alkyl halides is 2. The van der Waals surface area contributed by atoms with Gasteiger partial charge in [0.2, 0.25) is 5.91 Å². The third kappa shape index (κ3) is 5.60. The minimum atomic E-state index is -2.68. The van der Waals surface area contributed by atoms with Gasteiger partial charge in [0.25, 0.3) is 12.0 Å². The summed E-state index contributed by atoms with van der Waals surface area (Å²) in [5.41, 5.74) is 1.48. The van der Waals surface area contributed by atoms with E-state index in [0.29, 0.717) is 46.4 Å². The van der Waals surface area contributed by atoms with Gasteiger partial charge in [0, 0.05) is 24.5 Å². The van der Waals surface area contributed by atoms with E-state index in [1.54, 1.807) is 23.1 Å². The van der Waals surface area contributed by atoms with Crippen molar-refractivity contribution in [2.45, 2.75) is 46.1 Å². The van der Waals surface area contributed by atoms with Crippen LogP contribution in [0.25, 0.3) is 21.8 Å². The SMILES string of the molecule is CC1(C)CCN(C(=O)Cn2nc(Cc3nc4cc(OCC(F)F)c(C#N)cc4[nH]3)c3ccccc3c2=O)CC1. The molecule has 1 N–H and O–H groups in total. The van der Waals surface area contributed by atoms with Crippen LogP contribution in [0.1, 0.15) is 43.8 Å². The van der Waals surface area contributed by atoms with Crippen LogP contribution in [-0.4, -0.2) is 56.7 Å². The summed E-state index contributed by atoms with van der Waals surface area (Å²) in [6.45, 7) is 4.68. The Morgan fingerprint density at radius 3 is 2.62 bits per heavy atom. The van der Waals surface area contributed by atoms with Gasteiger partial charge in [-0.3, -0.25) is 9.59 Å². The Bertz CT molecular complexity index is 1640. The van der Waals surface area contributed by atoms with Crippen molar-refractivity contribution < 1.29 is 18.3 Å². The summed E-state index contributed by atoms with van der Waals surface area (Å²) in [6.07, 6.45) is -0.668. The number of amides is 1. The Morgan fingerprint density at radius 1 is 1.21 bits per heavy atom. The van der Waals surface area contributed by atoms with Gasteiger partial charge in [-0.15, -0.1) is 0 Å². The van der Waals surface area contributed by atoms with Gasteiger partial charge in [0.15, 0.2) is 0 Å². The Morgan fingerprint density at radius 2 is 1.92 bits per heavy atom. The van der Waals surface area contributed by atoms with Crippen LogP contribution < -0.4 is 10.3 Å². The van der Waals surface area contributed by atoms with Gasteiger partial charge in [-0.05, 0) is 30.4 Å². The second kappa shape index (κ2) is 10.4. The number of nitrogens with one attached hydrogen (secondary N) is 1. The lowest BCUT2D eigenvalue weighted by molar-refractivity contribution is -0.134. The van der Waals surface area contributed by atoms with Gasteiger partial charge in [0.05, 0.1) is 34.1 Å². The number of imidazole rings is 1. The van der Waals surface area contributed by atoms with Gasteiger partial charge >= 0.3 is 0 Å². The van der Waals surface area contributed by atoms with Crippen molar-refractivity contribution in [1.82, 2.24) is 24.6 Å². The van der Waals surface area contributed by atoms with Crippen LogP contribution in [0.5, 0.6) is 5.75 Å². The normalized spacial score (nSPS) is 15.1. The topological polar surface area (TPSA) is 117 Å². The third-order valence-corrected chi connectivity index (χ3v) is 7.15. The molecule has 1 amide bonds. The summed E-state index contributed by atoms with van der Waals surface area (Å²) in [5.74, 6) is 0.373. The molecule has 1 aliphatic heterocycles. The molecule has 2 aromatic carbocycles. The van der Waals surface area contributed by atoms with Crippen LogP contribution in [-0.2, 0) is 17.8 Å². The van der Waals surface area contributed by atoms with E-state index in [2.05, 4.69) is 28.9 Å². The van der Waals surface area contributed by atoms with Crippen molar-refractivity contribution in [3.05, 3.63) is 63.8 Å². The summed E-state index contributed by atoms with van der Waals surface area (Å²) < 4.78 is 31.6. The highest BCUT2D eigenvalue weighted by molar-refractivity contribution is 5.85. The maximum absolute atomic E-state index is 13.2. The zero-order valence-electron chi connectivity index (χ0n) is 21.7. The number of benzene rings is 2. The quantitative estimate of drug-likeness (QED) is 0.383. The average molecular weight is 535 g/mol. The molecular weight excluding hydrogens is 506 g/mol. The van der Waals surface area contributed by atoms with Crippen LogP contribution in [0.15, 0.2) is 41.2 Å². The number of hydrogen-bond acceptors (Lipinski definition) is 6. The summed E-state index contributed by atoms with van der Waals surface area (Å²) in [4.78, 5) is 35.8. The second-order valence-electron chi connectivity index (χ2n) is 10.5. The molecule has 1 saturated heterocycles. The first-order valence-corrected chi connectivity index (χ1v) is 12.7. The van der Waals surface area contributed by atoms with Crippen molar-refractivity contribution in [3.63, 3.8) is 0 Å². The lowest BCUT2D eigenvalue weighted by atomic mass is 9.83. The van der Waals surface area contributed by atoms with Crippen molar-refractivity contribution in [1.29, 1.82) is 5.26 Å². The molecule has 2 aromatic heterocycles. The van der Waals surface area contributed by atoms with E-state index >= 15 is 0 Å². The van der Waals surface area contributed by atoms with Gasteiger partial charge in [0.1, 0.15) is 30.8 Å². The van der Waals surface area contributed by atoms with Gasteiger partial charge in [-0.1, -0.05) is 32.0 Å². The third-order valence-electron chi connectivity index (χ3n) is 7.15. The van der Waals surface area contributed by atoms with Crippen LogP contribution >= 0.6 is 0 Å². The largest absolute Gasteiger partial charge is 0.486 e. The zero-order chi connectivity index (χ0) is 27.7. The number of piperidine rings is 1. The molecule has 0 bridgehead atoms. The first-order chi connectivity index (χ1) is 18.6. The minimum absolute atomic E-state index is 0.0279. The number of fused-ring (bicyclic) bond motifs is 2. The van der Waals surface area contributed by atoms with E-state index in [1.165, 1.54) is 16.8 Å². The maximum Gasteiger partial charge on any atom is 0.275 e. The standard InChI is InChI=1S/C28H28F2N6O3/c1-28(2)7-9-35(10-8-28)26(37)15-36-27(38)19-6-4-3-5-18(19)20(34-36)13-25-32-21-11-17(14-31)23(12-22(21)33-25)39-16-24(29)30/h3-6,11-12,24H,7-10,13,15-16H2,1-2H3,(H,32,33). The molecule has 11 heteroatoms. The Hall–Kier alpha value is -4.33. The summed E-state index contributed by atoms with van der Waals surface area (Å²) in [7, 11) is 0. The van der Waals surface area contributed by atoms with Crippen LogP contribution in [0, 0.1) is 16.7 Å². The number of aromatic amines is 1. The van der Waals surface area contributed by atoms with Crippen LogP contribution in [0.2, 0.25) is 0 Å². The summed E-state index contributed by atoms with van der Waals surface area (Å²) in [6, 6.07) is 12.0. The lowest BCUT2D eigenvalue weighted by Crippen LogP contribution is -2.44. The molecule has 0 radical (unpaired) electrons. The summed E-state index contributed by atoms with van der Waals surface area (Å²) in [5, 5.41) is 15.1. The molecular formula is C28H28F2N6O3. The molecule has 39 heavy (non-hydrogen) atoms. The molecule has 5 rings (SSSR count). The number of likely N-dealkylation sites (tertiary alicyclic amines) is 1. The van der Waals surface area contributed by atoms with E-state index in [0.717, 1.165) is 12.8 Å². The van der Waals surface area contributed by atoms with Crippen LogP contribution in [0.4, 0.5) is 8.78 Å². The predicted octanol–water partition coefficient (Wildman–Crippen LogP) is 4.03. The second-order valence-corrected chi connectivity index (χ2v) is 10.5. The van der Waals surface area contributed by atoms with E-state index < -0.39 is 13.0 Å². The van der Waals surface area contributed by atoms with Crippen molar-refractivity contribution in [2.75, 3.05) is 19.7 Å². The molecule has 0 aliphatic carbocycles. The molecule has 9 nitrogen and oxygen atoms in total. The fourth-order valence-electron chi connectivity index (χ4n) is 4.82. The van der Waals surface area contributed by atoms with Gasteiger partial charge in [-0.25, -0.2) is 18.4 Å². The van der Waals surface area contributed by atoms with Crippen molar-refractivity contribution in [3.8, 4) is 11.8 Å². The number of ether oxygens (including phenoxy) is 1. The summed E-state index contributed by atoms with van der Waals surface area (Å²) >= 11 is 0. The minimum Gasteiger partial charge on any atom is -0.486 e. The van der Waals surface area contributed by atoms with Crippen molar-refractivity contribution >= 4 is 27.7 Å². The predicted molar refractivity (Wildman–Crippen MR) is 141 cm³/mol. The van der Waals surface area contributed by atoms with Gasteiger partial charge < -0.3 is 14.6 Å². The highest BCUT2D eigenvalue weighted by Crippen LogP contribution is 2.30. The molecule has 3 heterocycles. The molecule has 202 valence electrons. The maximum atomic E-state index is 13.2. The number of hydrogen-bond donors (Lipinski definition) is 1. The van der Waals surface area contributed by atoms with Crippen molar-refractivity contribution in [2.24, 2.45) is 5.41 Å². The number of nitrogens with zero attached hydrogens (tertiary/aromatic N) is 5. The molecule has 4 aromatic rings. The smallest absolute Gasteiger partial charge is 0.275 e. The highest BCUT2D eigenvalue weighted by Gasteiger charge is 2.28. The Kier molecular flexibility index (Phi) is 7.04. The number of aromatic nitrogens is 4. The fraction of sp³-hybridized carbons (Fsp3) is 0.393. The number of halogens is 2. The van der Waals surface area contributed by atoms with Gasteiger partial charge in [-0.2, -0.15) is 10.4 Å². The lowest BCUT2D eigenvalue weighted by Gasteiger charge is -2.36. The van der Waals surface area contributed by atoms with E-state index in [9.17, 15) is 23.6 Å². The zero-order valence-corrected chi connectivity index (χ0v) is 21.7. The number of H-pyrrole nitrogens is 1.